The number of carboxylic acid groups (broad SMARTS) is 1. The van der Waals surface area contributed by atoms with E-state index < -0.39 is 5.97 Å². The number of benzene rings is 2. The molecule has 1 fully saturated rings. The fourth-order valence-corrected chi connectivity index (χ4v) is 2.91. The molecule has 0 aliphatic carbocycles. The molecule has 6 nitrogen and oxygen atoms in total. The van der Waals surface area contributed by atoms with Gasteiger partial charge in [-0.2, -0.15) is 0 Å². The summed E-state index contributed by atoms with van der Waals surface area (Å²) in [4.78, 5) is 23.1. The predicted octanol–water partition coefficient (Wildman–Crippen LogP) is 2.92. The van der Waals surface area contributed by atoms with Crippen LogP contribution < -0.4 is 10.1 Å². The van der Waals surface area contributed by atoms with Crippen LogP contribution in [0.3, 0.4) is 0 Å². The van der Waals surface area contributed by atoms with Crippen molar-refractivity contribution in [2.75, 3.05) is 19.8 Å². The lowest BCUT2D eigenvalue weighted by Crippen LogP contribution is -2.26. The minimum atomic E-state index is -0.945. The van der Waals surface area contributed by atoms with E-state index in [0.29, 0.717) is 18.5 Å². The minimum absolute atomic E-state index is 0.144. The first-order chi connectivity index (χ1) is 13.1. The van der Waals surface area contributed by atoms with Crippen LogP contribution in [-0.2, 0) is 11.2 Å². The molecule has 0 aromatic heterocycles. The largest absolute Gasteiger partial charge is 0.490 e. The van der Waals surface area contributed by atoms with Crippen LogP contribution in [0.25, 0.3) is 0 Å². The van der Waals surface area contributed by atoms with E-state index in [1.165, 1.54) is 0 Å². The summed E-state index contributed by atoms with van der Waals surface area (Å²) in [5.41, 5.74) is 1.81. The van der Waals surface area contributed by atoms with Gasteiger partial charge in [0.15, 0.2) is 0 Å². The third-order valence-electron chi connectivity index (χ3n) is 4.49. The summed E-state index contributed by atoms with van der Waals surface area (Å²) >= 11 is 0. The van der Waals surface area contributed by atoms with E-state index in [2.05, 4.69) is 5.32 Å². The Kier molecular flexibility index (Phi) is 6.44. The van der Waals surface area contributed by atoms with Crippen LogP contribution in [0.2, 0.25) is 0 Å². The van der Waals surface area contributed by atoms with Crippen molar-refractivity contribution in [1.82, 2.24) is 5.32 Å². The van der Waals surface area contributed by atoms with Gasteiger partial charge in [-0.05, 0) is 48.4 Å². The molecule has 0 bridgehead atoms. The Balaban J connectivity index is 1.45. The second-order valence-electron chi connectivity index (χ2n) is 6.46. The van der Waals surface area contributed by atoms with E-state index in [0.717, 1.165) is 37.4 Å². The van der Waals surface area contributed by atoms with Crippen molar-refractivity contribution >= 4 is 11.9 Å². The molecule has 2 aromatic rings. The normalized spacial score (nSPS) is 14.5. The van der Waals surface area contributed by atoms with Gasteiger partial charge < -0.3 is 19.9 Å². The topological polar surface area (TPSA) is 84.9 Å². The zero-order valence-electron chi connectivity index (χ0n) is 15.0. The third-order valence-corrected chi connectivity index (χ3v) is 4.49. The van der Waals surface area contributed by atoms with E-state index in [9.17, 15) is 9.59 Å². The summed E-state index contributed by atoms with van der Waals surface area (Å²) in [7, 11) is 0. The predicted molar refractivity (Wildman–Crippen MR) is 100 cm³/mol. The zero-order chi connectivity index (χ0) is 19.1. The molecule has 2 N–H and O–H groups in total. The average molecular weight is 369 g/mol. The van der Waals surface area contributed by atoms with Crippen LogP contribution in [0.5, 0.6) is 5.75 Å². The van der Waals surface area contributed by atoms with Crippen LogP contribution in [0, 0.1) is 0 Å². The van der Waals surface area contributed by atoms with Gasteiger partial charge in [0.05, 0.1) is 18.8 Å². The molecule has 2 aromatic carbocycles. The highest BCUT2D eigenvalue weighted by Gasteiger charge is 2.15. The molecule has 1 heterocycles. The molecular weight excluding hydrogens is 346 g/mol. The SMILES string of the molecule is O=C(O)c1ccc(CCNC(=O)c2ccc(OC3CCOCC3)cc2)cc1. The third kappa shape index (κ3) is 5.56. The maximum Gasteiger partial charge on any atom is 0.335 e. The average Bonchev–Trinajstić information content (AvgIpc) is 2.69. The second-order valence-corrected chi connectivity index (χ2v) is 6.46. The number of amides is 1. The molecule has 142 valence electrons. The van der Waals surface area contributed by atoms with Gasteiger partial charge in [0, 0.05) is 24.9 Å². The van der Waals surface area contributed by atoms with Gasteiger partial charge in [-0.3, -0.25) is 4.79 Å². The zero-order valence-corrected chi connectivity index (χ0v) is 15.0. The summed E-state index contributed by atoms with van der Waals surface area (Å²) in [6.45, 7) is 1.93. The number of carbonyl (C=O) groups excluding carboxylic acids is 1. The van der Waals surface area contributed by atoms with Gasteiger partial charge >= 0.3 is 5.97 Å². The molecule has 1 aliphatic rings. The van der Waals surface area contributed by atoms with E-state index >= 15 is 0 Å². The molecule has 27 heavy (non-hydrogen) atoms. The molecule has 0 spiro atoms. The summed E-state index contributed by atoms with van der Waals surface area (Å²) in [6, 6.07) is 13.8. The molecule has 1 amide bonds. The summed E-state index contributed by atoms with van der Waals surface area (Å²) in [5.74, 6) is -0.328. The smallest absolute Gasteiger partial charge is 0.335 e. The van der Waals surface area contributed by atoms with Crippen LogP contribution in [-0.4, -0.2) is 42.8 Å². The first-order valence-corrected chi connectivity index (χ1v) is 9.07. The van der Waals surface area contributed by atoms with E-state index in [1.54, 1.807) is 36.4 Å². The van der Waals surface area contributed by atoms with Crippen molar-refractivity contribution in [2.45, 2.75) is 25.4 Å². The van der Waals surface area contributed by atoms with Gasteiger partial charge in [-0.15, -0.1) is 0 Å². The van der Waals surface area contributed by atoms with Crippen LogP contribution >= 0.6 is 0 Å². The van der Waals surface area contributed by atoms with Crippen LogP contribution in [0.4, 0.5) is 0 Å². The standard InChI is InChI=1S/C21H23NO5/c23-20(22-12-9-15-1-3-17(4-2-15)21(24)25)16-5-7-18(8-6-16)27-19-10-13-26-14-11-19/h1-8,19H,9-14H2,(H,22,23)(H,24,25). The number of carbonyl (C=O) groups is 2. The number of carboxylic acids is 1. The highest BCUT2D eigenvalue weighted by Crippen LogP contribution is 2.18. The summed E-state index contributed by atoms with van der Waals surface area (Å²) in [6.07, 6.45) is 2.58. The Bertz CT molecular complexity index is 764. The lowest BCUT2D eigenvalue weighted by Gasteiger charge is -2.23. The lowest BCUT2D eigenvalue weighted by atomic mass is 10.1. The van der Waals surface area contributed by atoms with Gasteiger partial charge in [0.2, 0.25) is 0 Å². The Hall–Kier alpha value is -2.86. The molecule has 0 unspecified atom stereocenters. The highest BCUT2D eigenvalue weighted by atomic mass is 16.5. The molecule has 6 heteroatoms. The van der Waals surface area contributed by atoms with E-state index in [4.69, 9.17) is 14.6 Å². The molecular formula is C21H23NO5. The molecule has 0 saturated carbocycles. The maximum absolute atomic E-state index is 12.2. The van der Waals surface area contributed by atoms with Crippen LogP contribution in [0.1, 0.15) is 39.1 Å². The number of rotatable bonds is 7. The summed E-state index contributed by atoms with van der Waals surface area (Å²) in [5, 5.41) is 11.8. The van der Waals surface area contributed by atoms with Gasteiger partial charge in [-0.1, -0.05) is 12.1 Å². The maximum atomic E-state index is 12.2. The Morgan fingerprint density at radius 1 is 1.00 bits per heavy atom. The van der Waals surface area contributed by atoms with Crippen molar-refractivity contribution in [3.05, 3.63) is 65.2 Å². The lowest BCUT2D eigenvalue weighted by molar-refractivity contribution is 0.0255. The molecule has 3 rings (SSSR count). The van der Waals surface area contributed by atoms with Gasteiger partial charge in [0.25, 0.3) is 5.91 Å². The molecule has 0 atom stereocenters. The van der Waals surface area contributed by atoms with Crippen molar-refractivity contribution in [3.63, 3.8) is 0 Å². The highest BCUT2D eigenvalue weighted by molar-refractivity contribution is 5.94. The molecule has 1 aliphatic heterocycles. The van der Waals surface area contributed by atoms with Crippen molar-refractivity contribution in [2.24, 2.45) is 0 Å². The van der Waals surface area contributed by atoms with Crippen LogP contribution in [0.15, 0.2) is 48.5 Å². The molecule has 1 saturated heterocycles. The van der Waals surface area contributed by atoms with Crippen molar-refractivity contribution in [3.8, 4) is 5.75 Å². The molecule has 0 radical (unpaired) electrons. The monoisotopic (exact) mass is 369 g/mol. The van der Waals surface area contributed by atoms with Gasteiger partial charge in [0.1, 0.15) is 11.9 Å². The van der Waals surface area contributed by atoms with Crippen molar-refractivity contribution < 1.29 is 24.2 Å². The van der Waals surface area contributed by atoms with Crippen molar-refractivity contribution in [1.29, 1.82) is 0 Å². The fraction of sp³-hybridized carbons (Fsp3) is 0.333. The van der Waals surface area contributed by atoms with Gasteiger partial charge in [-0.25, -0.2) is 4.79 Å². The number of aromatic carboxylic acids is 1. The number of hydrogen-bond acceptors (Lipinski definition) is 4. The number of hydrogen-bond donors (Lipinski definition) is 2. The van der Waals surface area contributed by atoms with E-state index in [-0.39, 0.29) is 17.6 Å². The quantitative estimate of drug-likeness (QED) is 0.784. The minimum Gasteiger partial charge on any atom is -0.490 e. The Morgan fingerprint density at radius 2 is 1.63 bits per heavy atom. The Morgan fingerprint density at radius 3 is 2.26 bits per heavy atom. The Labute approximate surface area is 158 Å². The first kappa shape index (κ1) is 18.9. The number of nitrogens with one attached hydrogen (secondary N) is 1. The fourth-order valence-electron chi connectivity index (χ4n) is 2.91. The second kappa shape index (κ2) is 9.19. The first-order valence-electron chi connectivity index (χ1n) is 9.07. The summed E-state index contributed by atoms with van der Waals surface area (Å²) < 4.78 is 11.2. The van der Waals surface area contributed by atoms with E-state index in [1.807, 2.05) is 12.1 Å². The number of ether oxygens (including phenoxy) is 2.